The van der Waals surface area contributed by atoms with Gasteiger partial charge in [-0.15, -0.1) is 0 Å². The summed E-state index contributed by atoms with van der Waals surface area (Å²) < 4.78 is 33.5. The van der Waals surface area contributed by atoms with Crippen molar-refractivity contribution in [3.05, 3.63) is 54.1 Å². The Morgan fingerprint density at radius 1 is 0.969 bits per heavy atom. The molecule has 0 radical (unpaired) electrons. The molecule has 2 aromatic carbocycles. The molecule has 2 atom stereocenters. The number of ether oxygens (including phenoxy) is 1. The number of nitrogens with one attached hydrogen (secondary N) is 1. The van der Waals surface area contributed by atoms with Gasteiger partial charge < -0.3 is 15.0 Å². The molecule has 1 N–H and O–H groups in total. The highest BCUT2D eigenvalue weighted by atomic mass is 32.2. The first-order valence-electron chi connectivity index (χ1n) is 11.3. The summed E-state index contributed by atoms with van der Waals surface area (Å²) in [5.74, 6) is -0.324. The zero-order valence-electron chi connectivity index (χ0n) is 18.7. The van der Waals surface area contributed by atoms with Crippen LogP contribution in [0.2, 0.25) is 0 Å². The van der Waals surface area contributed by atoms with E-state index >= 15 is 0 Å². The molecule has 2 saturated heterocycles. The van der Waals surface area contributed by atoms with E-state index in [0.29, 0.717) is 18.7 Å². The van der Waals surface area contributed by atoms with Crippen LogP contribution < -0.4 is 10.2 Å². The van der Waals surface area contributed by atoms with Gasteiger partial charge in [-0.2, -0.15) is 4.31 Å². The molecule has 0 aromatic heterocycles. The Morgan fingerprint density at radius 3 is 2.38 bits per heavy atom. The van der Waals surface area contributed by atoms with Gasteiger partial charge in [-0.05, 0) is 63.4 Å². The lowest BCUT2D eigenvalue weighted by molar-refractivity contribution is -0.0440. The van der Waals surface area contributed by atoms with Crippen LogP contribution in [0.4, 0.5) is 11.4 Å². The zero-order chi connectivity index (χ0) is 22.7. The number of hydrogen-bond donors (Lipinski definition) is 1. The molecule has 2 aromatic rings. The van der Waals surface area contributed by atoms with Gasteiger partial charge in [-0.25, -0.2) is 8.42 Å². The molecule has 2 aliphatic heterocycles. The highest BCUT2D eigenvalue weighted by Gasteiger charge is 2.32. The molecular weight excluding hydrogens is 426 g/mol. The van der Waals surface area contributed by atoms with Gasteiger partial charge >= 0.3 is 0 Å². The van der Waals surface area contributed by atoms with E-state index in [1.54, 1.807) is 18.2 Å². The lowest BCUT2D eigenvalue weighted by Crippen LogP contribution is -2.48. The molecule has 0 unspecified atom stereocenters. The Hall–Kier alpha value is -2.42. The summed E-state index contributed by atoms with van der Waals surface area (Å²) in [5, 5.41) is 2.99. The van der Waals surface area contributed by atoms with Crippen molar-refractivity contribution >= 4 is 27.3 Å². The molecule has 2 aliphatic rings. The third-order valence-corrected chi connectivity index (χ3v) is 7.80. The number of carbonyl (C=O) groups excluding carboxylic acids is 1. The fourth-order valence-electron chi connectivity index (χ4n) is 4.46. The maximum Gasteiger partial charge on any atom is 0.255 e. The predicted molar refractivity (Wildman–Crippen MR) is 126 cm³/mol. The van der Waals surface area contributed by atoms with E-state index in [-0.39, 0.29) is 23.0 Å². The maximum atomic E-state index is 13.2. The maximum absolute atomic E-state index is 13.2. The SMILES string of the molecule is C[C@H]1CN(S(=O)(=O)c2cccc(C(=O)Nc3ccccc3N3CCCCC3)c2)C[C@H](C)O1. The third-order valence-electron chi connectivity index (χ3n) is 5.97. The average Bonchev–Trinajstić information content (AvgIpc) is 2.79. The lowest BCUT2D eigenvalue weighted by atomic mass is 10.1. The molecular formula is C24H31N3O4S. The van der Waals surface area contributed by atoms with E-state index in [1.807, 2.05) is 38.1 Å². The summed E-state index contributed by atoms with van der Waals surface area (Å²) in [6.45, 7) is 6.26. The number of anilines is 2. The Bertz CT molecular complexity index is 1060. The quantitative estimate of drug-likeness (QED) is 0.740. The van der Waals surface area contributed by atoms with Crippen LogP contribution in [0.5, 0.6) is 0 Å². The van der Waals surface area contributed by atoms with Crippen LogP contribution in [0.25, 0.3) is 0 Å². The van der Waals surface area contributed by atoms with Crippen molar-refractivity contribution in [3.8, 4) is 0 Å². The molecule has 0 bridgehead atoms. The standard InChI is InChI=1S/C24H31N3O4S/c1-18-16-27(17-19(2)31-18)32(29,30)21-10-8-9-20(15-21)24(28)25-22-11-4-5-12-23(22)26-13-6-3-7-14-26/h4-5,8-12,15,18-19H,3,6-7,13-14,16-17H2,1-2H3,(H,25,28)/t18-,19-/m0/s1. The number of amides is 1. The van der Waals surface area contributed by atoms with Crippen molar-refractivity contribution in [2.24, 2.45) is 0 Å². The van der Waals surface area contributed by atoms with Crippen LogP contribution in [-0.4, -0.2) is 57.0 Å². The second kappa shape index (κ2) is 9.60. The number of morpholine rings is 1. The molecule has 7 nitrogen and oxygen atoms in total. The Labute approximate surface area is 190 Å². The normalized spacial score (nSPS) is 22.5. The van der Waals surface area contributed by atoms with Gasteiger partial charge in [0.15, 0.2) is 0 Å². The molecule has 0 spiro atoms. The van der Waals surface area contributed by atoms with Crippen LogP contribution in [0.1, 0.15) is 43.5 Å². The Balaban J connectivity index is 1.55. The van der Waals surface area contributed by atoms with E-state index < -0.39 is 10.0 Å². The molecule has 8 heteroatoms. The third kappa shape index (κ3) is 4.98. The molecule has 172 valence electrons. The molecule has 0 saturated carbocycles. The van der Waals surface area contributed by atoms with Crippen molar-refractivity contribution in [3.63, 3.8) is 0 Å². The van der Waals surface area contributed by atoms with Crippen LogP contribution in [-0.2, 0) is 14.8 Å². The zero-order valence-corrected chi connectivity index (χ0v) is 19.5. The second-order valence-corrected chi connectivity index (χ2v) is 10.6. The number of para-hydroxylation sites is 2. The summed E-state index contributed by atoms with van der Waals surface area (Å²) in [7, 11) is -3.72. The molecule has 2 fully saturated rings. The summed E-state index contributed by atoms with van der Waals surface area (Å²) in [6, 6.07) is 14.0. The minimum absolute atomic E-state index is 0.121. The number of hydrogen-bond acceptors (Lipinski definition) is 5. The monoisotopic (exact) mass is 457 g/mol. The number of rotatable bonds is 5. The second-order valence-electron chi connectivity index (χ2n) is 8.63. The highest BCUT2D eigenvalue weighted by molar-refractivity contribution is 7.89. The van der Waals surface area contributed by atoms with Gasteiger partial charge in [0.2, 0.25) is 10.0 Å². The Morgan fingerprint density at radius 2 is 1.66 bits per heavy atom. The smallest absolute Gasteiger partial charge is 0.255 e. The van der Waals surface area contributed by atoms with Gasteiger partial charge in [0.25, 0.3) is 5.91 Å². The Kier molecular flexibility index (Phi) is 6.83. The van der Waals surface area contributed by atoms with Crippen molar-refractivity contribution in [2.45, 2.75) is 50.2 Å². The highest BCUT2D eigenvalue weighted by Crippen LogP contribution is 2.29. The summed E-state index contributed by atoms with van der Waals surface area (Å²) >= 11 is 0. The van der Waals surface area contributed by atoms with Crippen LogP contribution >= 0.6 is 0 Å². The minimum Gasteiger partial charge on any atom is -0.373 e. The number of benzene rings is 2. The molecule has 1 amide bonds. The molecule has 2 heterocycles. The van der Waals surface area contributed by atoms with Crippen molar-refractivity contribution < 1.29 is 17.9 Å². The van der Waals surface area contributed by atoms with Gasteiger partial charge in [-0.1, -0.05) is 18.2 Å². The van der Waals surface area contributed by atoms with Crippen molar-refractivity contribution in [2.75, 3.05) is 36.4 Å². The number of piperidine rings is 1. The van der Waals surface area contributed by atoms with E-state index in [4.69, 9.17) is 4.74 Å². The summed E-state index contributed by atoms with van der Waals surface area (Å²) in [4.78, 5) is 15.5. The minimum atomic E-state index is -3.72. The summed E-state index contributed by atoms with van der Waals surface area (Å²) in [6.07, 6.45) is 3.16. The predicted octanol–water partition coefficient (Wildman–Crippen LogP) is 3.73. The fourth-order valence-corrected chi connectivity index (χ4v) is 6.10. The van der Waals surface area contributed by atoms with E-state index in [0.717, 1.165) is 37.3 Å². The number of sulfonamides is 1. The van der Waals surface area contributed by atoms with Gasteiger partial charge in [0.05, 0.1) is 28.5 Å². The number of carbonyl (C=O) groups is 1. The molecule has 32 heavy (non-hydrogen) atoms. The van der Waals surface area contributed by atoms with Crippen LogP contribution in [0, 0.1) is 0 Å². The van der Waals surface area contributed by atoms with E-state index in [1.165, 1.54) is 16.8 Å². The first kappa shape index (κ1) is 22.8. The first-order valence-corrected chi connectivity index (χ1v) is 12.7. The van der Waals surface area contributed by atoms with Crippen molar-refractivity contribution in [1.29, 1.82) is 0 Å². The van der Waals surface area contributed by atoms with Crippen LogP contribution in [0.15, 0.2) is 53.4 Å². The van der Waals surface area contributed by atoms with Crippen LogP contribution in [0.3, 0.4) is 0 Å². The molecule has 0 aliphatic carbocycles. The first-order chi connectivity index (χ1) is 15.3. The number of nitrogens with zero attached hydrogens (tertiary/aromatic N) is 2. The molecule has 4 rings (SSSR count). The van der Waals surface area contributed by atoms with Gasteiger partial charge in [-0.3, -0.25) is 4.79 Å². The summed E-state index contributed by atoms with van der Waals surface area (Å²) in [5.41, 5.74) is 2.05. The van der Waals surface area contributed by atoms with Gasteiger partial charge in [0.1, 0.15) is 0 Å². The largest absolute Gasteiger partial charge is 0.373 e. The van der Waals surface area contributed by atoms with E-state index in [2.05, 4.69) is 10.2 Å². The lowest BCUT2D eigenvalue weighted by Gasteiger charge is -2.34. The van der Waals surface area contributed by atoms with E-state index in [9.17, 15) is 13.2 Å². The van der Waals surface area contributed by atoms with Crippen molar-refractivity contribution in [1.82, 2.24) is 4.31 Å². The fraction of sp³-hybridized carbons (Fsp3) is 0.458. The van der Waals surface area contributed by atoms with Gasteiger partial charge in [0, 0.05) is 31.7 Å². The topological polar surface area (TPSA) is 79.0 Å². The average molecular weight is 458 g/mol.